The molecule has 0 heterocycles. The molecule has 1 aliphatic rings. The van der Waals surface area contributed by atoms with Gasteiger partial charge in [-0.3, -0.25) is 9.59 Å². The van der Waals surface area contributed by atoms with Crippen LogP contribution >= 0.6 is 0 Å². The van der Waals surface area contributed by atoms with Crippen molar-refractivity contribution in [2.45, 2.75) is 95.6 Å². The summed E-state index contributed by atoms with van der Waals surface area (Å²) in [6, 6.07) is 8.68. The van der Waals surface area contributed by atoms with Gasteiger partial charge in [-0.2, -0.15) is 0 Å². The first-order chi connectivity index (χ1) is 14.1. The zero-order chi connectivity index (χ0) is 20.9. The van der Waals surface area contributed by atoms with Crippen LogP contribution in [0.25, 0.3) is 0 Å². The quantitative estimate of drug-likeness (QED) is 0.671. The molecule has 162 valence electrons. The molecular weight excluding hydrogens is 364 g/mol. The van der Waals surface area contributed by atoms with Crippen LogP contribution in [-0.2, 0) is 9.59 Å². The Hall–Kier alpha value is -1.88. The second-order valence-electron chi connectivity index (χ2n) is 8.34. The van der Waals surface area contributed by atoms with Crippen LogP contribution in [0, 0.1) is 0 Å². The summed E-state index contributed by atoms with van der Waals surface area (Å²) in [5.41, 5.74) is 0.890. The van der Waals surface area contributed by atoms with Crippen LogP contribution in [0.1, 0.15) is 89.0 Å². The normalized spacial score (nSPS) is 19.2. The molecule has 1 aromatic rings. The van der Waals surface area contributed by atoms with Gasteiger partial charge >= 0.3 is 0 Å². The van der Waals surface area contributed by atoms with Gasteiger partial charge in [0.25, 0.3) is 0 Å². The molecule has 0 bridgehead atoms. The summed E-state index contributed by atoms with van der Waals surface area (Å²) in [5, 5.41) is 15.5. The Morgan fingerprint density at radius 3 is 1.93 bits per heavy atom. The van der Waals surface area contributed by atoms with Gasteiger partial charge in [-0.1, -0.05) is 88.1 Å². The summed E-state index contributed by atoms with van der Waals surface area (Å²) in [6.07, 6.45) is 13.1. The average Bonchev–Trinajstić information content (AvgIpc) is 2.73. The average molecular weight is 403 g/mol. The number of benzene rings is 1. The minimum atomic E-state index is -0.907. The van der Waals surface area contributed by atoms with Crippen molar-refractivity contribution in [3.8, 4) is 0 Å². The van der Waals surface area contributed by atoms with Crippen LogP contribution in [0.2, 0.25) is 0 Å². The van der Waals surface area contributed by atoms with Gasteiger partial charge in [0, 0.05) is 6.04 Å². The molecule has 1 aliphatic carbocycles. The summed E-state index contributed by atoms with van der Waals surface area (Å²) in [5.74, 6) is -0.901. The number of amides is 2. The minimum Gasteiger partial charge on any atom is -0.394 e. The van der Waals surface area contributed by atoms with Crippen LogP contribution in [0.15, 0.2) is 30.3 Å². The smallest absolute Gasteiger partial charge is 0.245 e. The van der Waals surface area contributed by atoms with E-state index in [0.29, 0.717) is 0 Å². The molecule has 29 heavy (non-hydrogen) atoms. The van der Waals surface area contributed by atoms with Gasteiger partial charge in [0.15, 0.2) is 0 Å². The van der Waals surface area contributed by atoms with Crippen molar-refractivity contribution in [3.05, 3.63) is 35.9 Å². The van der Waals surface area contributed by atoms with E-state index in [4.69, 9.17) is 0 Å². The molecule has 2 rings (SSSR count). The molecule has 3 N–H and O–H groups in total. The summed E-state index contributed by atoms with van der Waals surface area (Å²) in [4.78, 5) is 25.3. The summed E-state index contributed by atoms with van der Waals surface area (Å²) < 4.78 is 0. The lowest BCUT2D eigenvalue weighted by Crippen LogP contribution is -2.52. The third-order valence-corrected chi connectivity index (χ3v) is 5.96. The highest BCUT2D eigenvalue weighted by molar-refractivity contribution is 5.90. The summed E-state index contributed by atoms with van der Waals surface area (Å²) >= 11 is 0. The zero-order valence-corrected chi connectivity index (χ0v) is 17.9. The number of carbonyl (C=O) groups is 2. The van der Waals surface area contributed by atoms with Gasteiger partial charge in [-0.15, -0.1) is 0 Å². The Balaban J connectivity index is 1.88. The third-order valence-electron chi connectivity index (χ3n) is 5.96. The molecule has 0 saturated heterocycles. The fourth-order valence-electron chi connectivity index (χ4n) is 3.99. The maximum atomic E-state index is 12.7. The van der Waals surface area contributed by atoms with Gasteiger partial charge in [0.2, 0.25) is 11.8 Å². The van der Waals surface area contributed by atoms with Gasteiger partial charge in [0.05, 0.1) is 12.5 Å². The van der Waals surface area contributed by atoms with Crippen molar-refractivity contribution >= 4 is 11.8 Å². The second kappa shape index (κ2) is 13.4. The number of aliphatic hydroxyl groups excluding tert-OH is 1. The van der Waals surface area contributed by atoms with E-state index in [1.807, 2.05) is 37.3 Å². The lowest BCUT2D eigenvalue weighted by Gasteiger charge is -2.24. The molecule has 5 nitrogen and oxygen atoms in total. The number of hydrogen-bond donors (Lipinski definition) is 3. The fraction of sp³-hybridized carbons (Fsp3) is 0.667. The molecule has 0 aromatic heterocycles. The van der Waals surface area contributed by atoms with Gasteiger partial charge in [-0.05, 0) is 25.3 Å². The van der Waals surface area contributed by atoms with Crippen molar-refractivity contribution in [1.29, 1.82) is 0 Å². The molecule has 2 unspecified atom stereocenters. The van der Waals surface area contributed by atoms with Crippen molar-refractivity contribution in [1.82, 2.24) is 10.6 Å². The van der Waals surface area contributed by atoms with E-state index >= 15 is 0 Å². The molecule has 0 aliphatic heterocycles. The second-order valence-corrected chi connectivity index (χ2v) is 8.34. The minimum absolute atomic E-state index is 0.124. The molecule has 5 heteroatoms. The molecule has 1 fully saturated rings. The Bertz CT molecular complexity index is 593. The largest absolute Gasteiger partial charge is 0.394 e. The third kappa shape index (κ3) is 8.57. The van der Waals surface area contributed by atoms with Gasteiger partial charge in [0.1, 0.15) is 6.04 Å². The SMILES string of the molecule is CC(C(=O)NC(CO)C(=O)NC1CCCCCCCCCCC1)c1ccccc1. The first-order valence-corrected chi connectivity index (χ1v) is 11.4. The zero-order valence-electron chi connectivity index (χ0n) is 17.9. The maximum Gasteiger partial charge on any atom is 0.245 e. The molecule has 0 radical (unpaired) electrons. The van der Waals surface area contributed by atoms with Crippen molar-refractivity contribution in [2.75, 3.05) is 6.61 Å². The Kier molecular flexibility index (Phi) is 10.8. The Morgan fingerprint density at radius 2 is 1.41 bits per heavy atom. The van der Waals surface area contributed by atoms with Crippen LogP contribution in [0.5, 0.6) is 0 Å². The van der Waals surface area contributed by atoms with Crippen LogP contribution < -0.4 is 10.6 Å². The Labute approximate surface area is 175 Å². The lowest BCUT2D eigenvalue weighted by molar-refractivity contribution is -0.131. The maximum absolute atomic E-state index is 12.7. The topological polar surface area (TPSA) is 78.4 Å². The lowest BCUT2D eigenvalue weighted by atomic mass is 9.97. The number of nitrogens with one attached hydrogen (secondary N) is 2. The summed E-state index contributed by atoms with van der Waals surface area (Å²) in [7, 11) is 0. The predicted molar refractivity (Wildman–Crippen MR) is 117 cm³/mol. The fourth-order valence-corrected chi connectivity index (χ4v) is 3.99. The van der Waals surface area contributed by atoms with E-state index in [-0.39, 0.29) is 23.8 Å². The molecule has 1 saturated carbocycles. The van der Waals surface area contributed by atoms with E-state index in [1.165, 1.54) is 44.9 Å². The van der Waals surface area contributed by atoms with Crippen LogP contribution in [0.4, 0.5) is 0 Å². The number of hydrogen-bond acceptors (Lipinski definition) is 3. The highest BCUT2D eigenvalue weighted by Crippen LogP contribution is 2.17. The van der Waals surface area contributed by atoms with Crippen molar-refractivity contribution in [3.63, 3.8) is 0 Å². The van der Waals surface area contributed by atoms with E-state index < -0.39 is 12.6 Å². The first-order valence-electron chi connectivity index (χ1n) is 11.4. The van der Waals surface area contributed by atoms with E-state index in [2.05, 4.69) is 10.6 Å². The van der Waals surface area contributed by atoms with E-state index in [9.17, 15) is 14.7 Å². The van der Waals surface area contributed by atoms with Crippen LogP contribution in [0.3, 0.4) is 0 Å². The standard InChI is InChI=1S/C24H38N2O3/c1-19(20-14-10-9-11-15-20)23(28)26-22(18-27)24(29)25-21-16-12-7-5-3-2-4-6-8-13-17-21/h9-11,14-15,19,21-22,27H,2-8,12-13,16-18H2,1H3,(H,25,29)(H,26,28). The Morgan fingerprint density at radius 1 is 0.897 bits per heavy atom. The van der Waals surface area contributed by atoms with E-state index in [1.54, 1.807) is 0 Å². The monoisotopic (exact) mass is 402 g/mol. The molecule has 2 atom stereocenters. The highest BCUT2D eigenvalue weighted by Gasteiger charge is 2.25. The highest BCUT2D eigenvalue weighted by atomic mass is 16.3. The van der Waals surface area contributed by atoms with Crippen LogP contribution in [-0.4, -0.2) is 35.6 Å². The van der Waals surface area contributed by atoms with Crippen molar-refractivity contribution < 1.29 is 14.7 Å². The van der Waals surface area contributed by atoms with E-state index in [0.717, 1.165) is 31.2 Å². The molecule has 0 spiro atoms. The molecular formula is C24H38N2O3. The molecule has 1 aromatic carbocycles. The van der Waals surface area contributed by atoms with Gasteiger partial charge in [-0.25, -0.2) is 0 Å². The predicted octanol–water partition coefficient (Wildman–Crippen LogP) is 4.06. The molecule has 2 amide bonds. The van der Waals surface area contributed by atoms with Crippen molar-refractivity contribution in [2.24, 2.45) is 0 Å². The van der Waals surface area contributed by atoms with Gasteiger partial charge < -0.3 is 15.7 Å². The number of rotatable bonds is 6. The first kappa shape index (κ1) is 23.4. The number of carbonyl (C=O) groups excluding carboxylic acids is 2. The number of aliphatic hydroxyl groups is 1. The summed E-state index contributed by atoms with van der Waals surface area (Å²) in [6.45, 7) is 1.41.